The molecule has 41 heavy (non-hydrogen) atoms. The van der Waals surface area contributed by atoms with Gasteiger partial charge >= 0.3 is 0 Å². The van der Waals surface area contributed by atoms with E-state index in [1.807, 2.05) is 53.2 Å². The maximum Gasteiger partial charge on any atom is 0.272 e. The molecular weight excluding hydrogens is 522 g/mol. The molecule has 6 N–H and O–H groups in total. The van der Waals surface area contributed by atoms with Gasteiger partial charge in [0.2, 0.25) is 5.91 Å². The fraction of sp³-hybridized carbons (Fsp3) is 0.400. The van der Waals surface area contributed by atoms with Crippen LogP contribution in [0.5, 0.6) is 11.5 Å². The number of amides is 2. The molecule has 1 atom stereocenters. The first-order valence-electron chi connectivity index (χ1n) is 13.9. The minimum absolute atomic E-state index is 0.0323. The number of hydrogen-bond acceptors (Lipinski definition) is 7. The van der Waals surface area contributed by atoms with Gasteiger partial charge in [-0.05, 0) is 49.4 Å². The molecule has 0 aliphatic heterocycles. The Balaban J connectivity index is 1.60. The van der Waals surface area contributed by atoms with Crippen LogP contribution in [0.2, 0.25) is 0 Å². The van der Waals surface area contributed by atoms with Gasteiger partial charge < -0.3 is 31.7 Å². The second-order valence-electron chi connectivity index (χ2n) is 10.1. The standard InChI is InChI=1S/C30H39N7O4/c1-40-25-13-8-14-26(41-2)29(25)24-18-23(36-37(24)22-11-6-7-12-22)30(39)34-21(16-15-20-9-4-3-5-10-20)17-28(38)33-19-27(31)35-32/h3-5,8-10,13-14,18,21-22H,6-7,11-12,15-17,19,32H2,1-2H3,(H2,31,35)(H,33,38)(H,34,39). The zero-order valence-corrected chi connectivity index (χ0v) is 23.6. The van der Waals surface area contributed by atoms with Crippen molar-refractivity contribution in [2.75, 3.05) is 20.8 Å². The smallest absolute Gasteiger partial charge is 0.272 e. The SMILES string of the molecule is COc1cccc(OC)c1-c1cc(C(=O)NC(CCc2ccccc2)CC(=O)NC/C(N)=N/N)nn1C1CCCC1. The molecule has 1 aromatic heterocycles. The molecule has 11 heteroatoms. The first-order valence-corrected chi connectivity index (χ1v) is 13.9. The molecule has 1 heterocycles. The van der Waals surface area contributed by atoms with Gasteiger partial charge in [0.05, 0.1) is 38.1 Å². The Kier molecular flexibility index (Phi) is 10.2. The van der Waals surface area contributed by atoms with Gasteiger partial charge in [-0.15, -0.1) is 0 Å². The number of carbonyl (C=O) groups excluding carboxylic acids is 2. The maximum atomic E-state index is 13.6. The molecule has 1 aliphatic rings. The zero-order chi connectivity index (χ0) is 29.2. The maximum absolute atomic E-state index is 13.6. The van der Waals surface area contributed by atoms with Gasteiger partial charge in [0, 0.05) is 12.5 Å². The van der Waals surface area contributed by atoms with Gasteiger partial charge in [-0.2, -0.15) is 10.2 Å². The Hall–Kier alpha value is -4.54. The van der Waals surface area contributed by atoms with E-state index in [2.05, 4.69) is 15.7 Å². The third-order valence-corrected chi connectivity index (χ3v) is 7.35. The van der Waals surface area contributed by atoms with Crippen LogP contribution in [0.4, 0.5) is 0 Å². The summed E-state index contributed by atoms with van der Waals surface area (Å²) in [6, 6.07) is 17.0. The number of hydrogen-bond donors (Lipinski definition) is 4. The first-order chi connectivity index (χ1) is 19.9. The van der Waals surface area contributed by atoms with Crippen LogP contribution < -0.4 is 31.7 Å². The summed E-state index contributed by atoms with van der Waals surface area (Å²) < 4.78 is 13.3. The normalized spacial score (nSPS) is 14.4. The molecule has 0 bridgehead atoms. The van der Waals surface area contributed by atoms with E-state index in [4.69, 9.17) is 26.1 Å². The molecule has 2 amide bonds. The second-order valence-corrected chi connectivity index (χ2v) is 10.1. The lowest BCUT2D eigenvalue weighted by atomic mass is 10.0. The molecule has 218 valence electrons. The van der Waals surface area contributed by atoms with E-state index in [0.717, 1.165) is 42.5 Å². The van der Waals surface area contributed by atoms with Crippen LogP contribution in [0.15, 0.2) is 59.7 Å². The molecule has 1 saturated carbocycles. The lowest BCUT2D eigenvalue weighted by Gasteiger charge is -2.18. The molecule has 1 unspecified atom stereocenters. The summed E-state index contributed by atoms with van der Waals surface area (Å²) >= 11 is 0. The largest absolute Gasteiger partial charge is 0.496 e. The fourth-order valence-corrected chi connectivity index (χ4v) is 5.22. The number of nitrogens with two attached hydrogens (primary N) is 2. The van der Waals surface area contributed by atoms with E-state index < -0.39 is 6.04 Å². The predicted octanol–water partition coefficient (Wildman–Crippen LogP) is 3.15. The number of nitrogens with zero attached hydrogens (tertiary/aromatic N) is 3. The number of aromatic nitrogens is 2. The van der Waals surface area contributed by atoms with E-state index in [1.54, 1.807) is 20.3 Å². The van der Waals surface area contributed by atoms with Crippen molar-refractivity contribution in [2.45, 2.75) is 57.0 Å². The summed E-state index contributed by atoms with van der Waals surface area (Å²) in [4.78, 5) is 26.3. The Morgan fingerprint density at radius 2 is 1.76 bits per heavy atom. The second kappa shape index (κ2) is 14.2. The number of methoxy groups -OCH3 is 2. The van der Waals surface area contributed by atoms with Crippen LogP contribution in [0.25, 0.3) is 11.3 Å². The van der Waals surface area contributed by atoms with Gasteiger partial charge in [0.25, 0.3) is 5.91 Å². The first kappa shape index (κ1) is 29.4. The van der Waals surface area contributed by atoms with Crippen LogP contribution in [0.1, 0.15) is 60.6 Å². The summed E-state index contributed by atoms with van der Waals surface area (Å²) in [7, 11) is 3.22. The number of aryl methyl sites for hydroxylation is 1. The monoisotopic (exact) mass is 561 g/mol. The van der Waals surface area contributed by atoms with E-state index in [1.165, 1.54) is 0 Å². The highest BCUT2D eigenvalue weighted by Crippen LogP contribution is 2.41. The summed E-state index contributed by atoms with van der Waals surface area (Å²) in [5, 5.41) is 13.9. The number of nitrogens with one attached hydrogen (secondary N) is 2. The lowest BCUT2D eigenvalue weighted by molar-refractivity contribution is -0.121. The third-order valence-electron chi connectivity index (χ3n) is 7.35. The van der Waals surface area contributed by atoms with Gasteiger partial charge in [-0.1, -0.05) is 49.2 Å². The number of hydrazone groups is 1. The lowest BCUT2D eigenvalue weighted by Crippen LogP contribution is -2.41. The predicted molar refractivity (Wildman–Crippen MR) is 158 cm³/mol. The van der Waals surface area contributed by atoms with Gasteiger partial charge in [-0.3, -0.25) is 14.3 Å². The van der Waals surface area contributed by atoms with Gasteiger partial charge in [-0.25, -0.2) is 0 Å². The number of amidine groups is 1. The highest BCUT2D eigenvalue weighted by molar-refractivity contribution is 5.94. The van der Waals surface area contributed by atoms with Crippen LogP contribution in [-0.2, 0) is 11.2 Å². The minimum atomic E-state index is -0.445. The number of carbonyl (C=O) groups is 2. The highest BCUT2D eigenvalue weighted by atomic mass is 16.5. The summed E-state index contributed by atoms with van der Waals surface area (Å²) in [6.45, 7) is 0.0323. The molecule has 0 radical (unpaired) electrons. The van der Waals surface area contributed by atoms with Crippen LogP contribution >= 0.6 is 0 Å². The average molecular weight is 562 g/mol. The van der Waals surface area contributed by atoms with Crippen LogP contribution in [0.3, 0.4) is 0 Å². The molecule has 1 fully saturated rings. The van der Waals surface area contributed by atoms with E-state index in [-0.39, 0.29) is 42.4 Å². The zero-order valence-electron chi connectivity index (χ0n) is 23.6. The fourth-order valence-electron chi connectivity index (χ4n) is 5.22. The molecule has 11 nitrogen and oxygen atoms in total. The number of benzene rings is 2. The summed E-state index contributed by atoms with van der Waals surface area (Å²) in [5.74, 6) is 5.92. The third kappa shape index (κ3) is 7.56. The number of rotatable bonds is 13. The molecule has 3 aromatic rings. The summed E-state index contributed by atoms with van der Waals surface area (Å²) in [6.07, 6.45) is 5.46. The van der Waals surface area contributed by atoms with Crippen molar-refractivity contribution in [3.63, 3.8) is 0 Å². The van der Waals surface area contributed by atoms with Crippen molar-refractivity contribution in [3.05, 3.63) is 65.9 Å². The van der Waals surface area contributed by atoms with Gasteiger partial charge in [0.1, 0.15) is 17.3 Å². The van der Waals surface area contributed by atoms with E-state index in [0.29, 0.717) is 24.3 Å². The highest BCUT2D eigenvalue weighted by Gasteiger charge is 2.28. The Morgan fingerprint density at radius 1 is 1.07 bits per heavy atom. The molecule has 2 aromatic carbocycles. The Labute approximate surface area is 240 Å². The van der Waals surface area contributed by atoms with E-state index >= 15 is 0 Å². The molecule has 1 aliphatic carbocycles. The Bertz CT molecular complexity index is 1330. The quantitative estimate of drug-likeness (QED) is 0.108. The van der Waals surface area contributed by atoms with Crippen molar-refractivity contribution in [3.8, 4) is 22.8 Å². The van der Waals surface area contributed by atoms with Crippen molar-refractivity contribution in [2.24, 2.45) is 16.7 Å². The topological polar surface area (TPSA) is 159 Å². The Morgan fingerprint density at radius 3 is 2.39 bits per heavy atom. The van der Waals surface area contributed by atoms with Crippen molar-refractivity contribution < 1.29 is 19.1 Å². The molecular formula is C30H39N7O4. The van der Waals surface area contributed by atoms with Crippen molar-refractivity contribution >= 4 is 17.6 Å². The van der Waals surface area contributed by atoms with Crippen molar-refractivity contribution in [1.82, 2.24) is 20.4 Å². The molecule has 4 rings (SSSR count). The summed E-state index contributed by atoms with van der Waals surface area (Å²) in [5.41, 5.74) is 8.50. The number of ether oxygens (including phenoxy) is 2. The van der Waals surface area contributed by atoms with Gasteiger partial charge in [0.15, 0.2) is 5.69 Å². The average Bonchev–Trinajstić information content (AvgIpc) is 3.69. The molecule has 0 saturated heterocycles. The van der Waals surface area contributed by atoms with Crippen LogP contribution in [-0.4, -0.2) is 54.2 Å². The van der Waals surface area contributed by atoms with E-state index in [9.17, 15) is 9.59 Å². The van der Waals surface area contributed by atoms with Crippen LogP contribution in [0, 0.1) is 0 Å². The molecule has 0 spiro atoms. The van der Waals surface area contributed by atoms with Crippen molar-refractivity contribution in [1.29, 1.82) is 0 Å². The minimum Gasteiger partial charge on any atom is -0.496 e.